The van der Waals surface area contributed by atoms with E-state index in [-0.39, 0.29) is 29.9 Å². The molecule has 0 aliphatic carbocycles. The highest BCUT2D eigenvalue weighted by Gasteiger charge is 2.30. The molecule has 0 unspecified atom stereocenters. The minimum absolute atomic E-state index is 0.0847. The molecule has 0 aliphatic rings. The molecule has 10 heteroatoms. The number of hydrogen-bond acceptors (Lipinski definition) is 5. The molecule has 0 N–H and O–H groups in total. The lowest BCUT2D eigenvalue weighted by molar-refractivity contribution is -0.137. The van der Waals surface area contributed by atoms with Gasteiger partial charge in [-0.2, -0.15) is 18.2 Å². The minimum atomic E-state index is -4.44. The summed E-state index contributed by atoms with van der Waals surface area (Å²) >= 11 is 0. The van der Waals surface area contributed by atoms with E-state index in [9.17, 15) is 22.8 Å². The van der Waals surface area contributed by atoms with Crippen molar-refractivity contribution in [1.29, 1.82) is 0 Å². The number of benzene rings is 2. The maximum atomic E-state index is 13.1. The first kappa shape index (κ1) is 21.5. The number of fused-ring (bicyclic) bond motifs is 1. The highest BCUT2D eigenvalue weighted by molar-refractivity contribution is 5.77. The molecule has 0 spiro atoms. The van der Waals surface area contributed by atoms with Gasteiger partial charge in [0.05, 0.1) is 16.5 Å². The van der Waals surface area contributed by atoms with Crippen molar-refractivity contribution in [2.45, 2.75) is 39.0 Å². The molecule has 0 radical (unpaired) electrons. The third-order valence-electron chi connectivity index (χ3n) is 5.34. The quantitative estimate of drug-likeness (QED) is 0.460. The van der Waals surface area contributed by atoms with Crippen LogP contribution in [0.4, 0.5) is 13.2 Å². The summed E-state index contributed by atoms with van der Waals surface area (Å²) < 4.78 is 46.1. The largest absolute Gasteiger partial charge is 0.416 e. The summed E-state index contributed by atoms with van der Waals surface area (Å²) in [5.41, 5.74) is -0.883. The van der Waals surface area contributed by atoms with Crippen LogP contribution in [0.1, 0.15) is 37.8 Å². The third kappa shape index (κ3) is 3.83. The summed E-state index contributed by atoms with van der Waals surface area (Å²) in [7, 11) is 0. The summed E-state index contributed by atoms with van der Waals surface area (Å²) in [6.45, 7) is 3.57. The molecular formula is C22H19F3N4O3. The van der Waals surface area contributed by atoms with Crippen molar-refractivity contribution in [2.75, 3.05) is 0 Å². The summed E-state index contributed by atoms with van der Waals surface area (Å²) in [4.78, 5) is 30.2. The van der Waals surface area contributed by atoms with Crippen molar-refractivity contribution < 1.29 is 17.7 Å². The molecule has 0 amide bonds. The van der Waals surface area contributed by atoms with E-state index in [2.05, 4.69) is 10.1 Å². The molecule has 0 saturated carbocycles. The van der Waals surface area contributed by atoms with E-state index in [1.165, 1.54) is 21.3 Å². The van der Waals surface area contributed by atoms with Crippen LogP contribution in [0.3, 0.4) is 0 Å². The van der Waals surface area contributed by atoms with Gasteiger partial charge < -0.3 is 4.52 Å². The Morgan fingerprint density at radius 3 is 2.41 bits per heavy atom. The zero-order valence-electron chi connectivity index (χ0n) is 17.3. The highest BCUT2D eigenvalue weighted by Crippen LogP contribution is 2.30. The Bertz CT molecular complexity index is 1380. The van der Waals surface area contributed by atoms with Crippen LogP contribution in [-0.4, -0.2) is 19.3 Å². The fourth-order valence-corrected chi connectivity index (χ4v) is 3.44. The topological polar surface area (TPSA) is 82.9 Å². The molecule has 1 atom stereocenters. The van der Waals surface area contributed by atoms with Gasteiger partial charge in [0, 0.05) is 11.6 Å². The van der Waals surface area contributed by atoms with Gasteiger partial charge in [0.1, 0.15) is 6.54 Å². The van der Waals surface area contributed by atoms with Gasteiger partial charge in [0.25, 0.3) is 5.56 Å². The van der Waals surface area contributed by atoms with Crippen molar-refractivity contribution in [3.63, 3.8) is 0 Å². The average molecular weight is 444 g/mol. The molecule has 0 saturated heterocycles. The van der Waals surface area contributed by atoms with Gasteiger partial charge >= 0.3 is 11.9 Å². The van der Waals surface area contributed by atoms with Gasteiger partial charge in [-0.1, -0.05) is 36.3 Å². The standard InChI is InChI=1S/C22H19F3N4O3/c1-3-13(2)29-20(30)16-6-4-5-7-17(16)28(21(29)31)12-18-26-19(27-32-18)14-8-10-15(11-9-14)22(23,24)25/h4-11,13H,3,12H2,1-2H3/t13-/m1/s1. The number of alkyl halides is 3. The van der Waals surface area contributed by atoms with Crippen LogP contribution in [0.5, 0.6) is 0 Å². The summed E-state index contributed by atoms with van der Waals surface area (Å²) in [5, 5.41) is 4.21. The van der Waals surface area contributed by atoms with Gasteiger partial charge in [-0.05, 0) is 37.6 Å². The molecule has 32 heavy (non-hydrogen) atoms. The van der Waals surface area contributed by atoms with E-state index in [1.54, 1.807) is 31.2 Å². The monoisotopic (exact) mass is 444 g/mol. The lowest BCUT2D eigenvalue weighted by Gasteiger charge is -2.16. The van der Waals surface area contributed by atoms with Crippen molar-refractivity contribution in [3.8, 4) is 11.4 Å². The Labute approximate surface area is 179 Å². The fraction of sp³-hybridized carbons (Fsp3) is 0.273. The molecule has 4 aromatic rings. The van der Waals surface area contributed by atoms with Crippen LogP contribution >= 0.6 is 0 Å². The smallest absolute Gasteiger partial charge is 0.337 e. The number of para-hydroxylation sites is 1. The molecule has 0 fully saturated rings. The predicted octanol–water partition coefficient (Wildman–Crippen LogP) is 4.25. The number of hydrogen-bond donors (Lipinski definition) is 0. The molecule has 0 bridgehead atoms. The van der Waals surface area contributed by atoms with Gasteiger partial charge in [-0.15, -0.1) is 0 Å². The van der Waals surface area contributed by atoms with Crippen LogP contribution in [0.15, 0.2) is 62.6 Å². The lowest BCUT2D eigenvalue weighted by atomic mass is 10.1. The number of aromatic nitrogens is 4. The van der Waals surface area contributed by atoms with Crippen LogP contribution in [0.25, 0.3) is 22.3 Å². The Hall–Kier alpha value is -3.69. The van der Waals surface area contributed by atoms with Crippen LogP contribution in [0.2, 0.25) is 0 Å². The Morgan fingerprint density at radius 2 is 1.75 bits per heavy atom. The SMILES string of the molecule is CC[C@@H](C)n1c(=O)c2ccccc2n(Cc2nc(-c3ccc(C(F)(F)F)cc3)no2)c1=O. The summed E-state index contributed by atoms with van der Waals surface area (Å²) in [6.07, 6.45) is -3.85. The lowest BCUT2D eigenvalue weighted by Crippen LogP contribution is -2.41. The van der Waals surface area contributed by atoms with Crippen LogP contribution < -0.4 is 11.2 Å². The van der Waals surface area contributed by atoms with E-state index in [0.29, 0.717) is 22.9 Å². The van der Waals surface area contributed by atoms with E-state index in [0.717, 1.165) is 12.1 Å². The van der Waals surface area contributed by atoms with Crippen molar-refractivity contribution in [1.82, 2.24) is 19.3 Å². The Morgan fingerprint density at radius 1 is 1.06 bits per heavy atom. The van der Waals surface area contributed by atoms with E-state index in [1.807, 2.05) is 6.92 Å². The van der Waals surface area contributed by atoms with E-state index < -0.39 is 17.4 Å². The molecule has 2 aromatic carbocycles. The van der Waals surface area contributed by atoms with Gasteiger partial charge in [0.2, 0.25) is 11.7 Å². The number of rotatable bonds is 5. The van der Waals surface area contributed by atoms with Gasteiger partial charge in [-0.3, -0.25) is 13.9 Å². The zero-order chi connectivity index (χ0) is 23.0. The summed E-state index contributed by atoms with van der Waals surface area (Å²) in [5.74, 6) is 0.183. The second-order valence-corrected chi connectivity index (χ2v) is 7.41. The maximum Gasteiger partial charge on any atom is 0.416 e. The predicted molar refractivity (Wildman–Crippen MR) is 111 cm³/mol. The van der Waals surface area contributed by atoms with Crippen LogP contribution in [0, 0.1) is 0 Å². The molecule has 2 heterocycles. The van der Waals surface area contributed by atoms with Crippen LogP contribution in [-0.2, 0) is 12.7 Å². The van der Waals surface area contributed by atoms with Crippen molar-refractivity contribution in [3.05, 3.63) is 80.8 Å². The maximum absolute atomic E-state index is 13.1. The first-order valence-electron chi connectivity index (χ1n) is 9.95. The second-order valence-electron chi connectivity index (χ2n) is 7.41. The fourth-order valence-electron chi connectivity index (χ4n) is 3.44. The Kier molecular flexibility index (Phi) is 5.45. The first-order valence-corrected chi connectivity index (χ1v) is 9.95. The molecule has 4 rings (SSSR count). The van der Waals surface area contributed by atoms with E-state index >= 15 is 0 Å². The van der Waals surface area contributed by atoms with Crippen molar-refractivity contribution in [2.24, 2.45) is 0 Å². The normalized spacial score (nSPS) is 12.9. The Balaban J connectivity index is 1.74. The highest BCUT2D eigenvalue weighted by atomic mass is 19.4. The molecule has 2 aromatic heterocycles. The number of halogens is 3. The zero-order valence-corrected chi connectivity index (χ0v) is 17.3. The second kappa shape index (κ2) is 8.10. The minimum Gasteiger partial charge on any atom is -0.337 e. The van der Waals surface area contributed by atoms with E-state index in [4.69, 9.17) is 4.52 Å². The molecule has 7 nitrogen and oxygen atoms in total. The number of nitrogens with zero attached hydrogens (tertiary/aromatic N) is 4. The molecule has 0 aliphatic heterocycles. The first-order chi connectivity index (χ1) is 15.2. The third-order valence-corrected chi connectivity index (χ3v) is 5.34. The van der Waals surface area contributed by atoms with Gasteiger partial charge in [-0.25, -0.2) is 4.79 Å². The van der Waals surface area contributed by atoms with Gasteiger partial charge in [0.15, 0.2) is 0 Å². The molecule has 166 valence electrons. The average Bonchev–Trinajstić information content (AvgIpc) is 3.25. The summed E-state index contributed by atoms with van der Waals surface area (Å²) in [6, 6.07) is 10.8. The molecular weight excluding hydrogens is 425 g/mol. The van der Waals surface area contributed by atoms with Crippen molar-refractivity contribution >= 4 is 10.9 Å².